The molecule has 2 saturated heterocycles. The molecule has 2 fully saturated rings. The Morgan fingerprint density at radius 3 is 2.28 bits per heavy atom. The van der Waals surface area contributed by atoms with Gasteiger partial charge in [-0.3, -0.25) is 4.84 Å². The first-order chi connectivity index (χ1) is 15.2. The van der Waals surface area contributed by atoms with Crippen LogP contribution in [0, 0.1) is 0 Å². The van der Waals surface area contributed by atoms with Crippen molar-refractivity contribution >= 4 is 0 Å². The minimum atomic E-state index is -0.127. The second-order valence-corrected chi connectivity index (χ2v) is 10.7. The van der Waals surface area contributed by atoms with E-state index in [1.54, 1.807) is 0 Å². The maximum atomic E-state index is 6.67. The number of piperidine rings is 1. The van der Waals surface area contributed by atoms with Crippen molar-refractivity contribution in [1.82, 2.24) is 5.06 Å². The van der Waals surface area contributed by atoms with E-state index in [4.69, 9.17) is 14.3 Å². The molecule has 0 N–H and O–H groups in total. The first-order valence-corrected chi connectivity index (χ1v) is 12.1. The summed E-state index contributed by atoms with van der Waals surface area (Å²) in [6.45, 7) is 12.8. The molecule has 32 heavy (non-hydrogen) atoms. The molecule has 4 rings (SSSR count). The minimum absolute atomic E-state index is 0.00698. The van der Waals surface area contributed by atoms with Gasteiger partial charge in [0.25, 0.3) is 0 Å². The summed E-state index contributed by atoms with van der Waals surface area (Å²) >= 11 is 0. The van der Waals surface area contributed by atoms with Crippen molar-refractivity contribution < 1.29 is 14.3 Å². The summed E-state index contributed by atoms with van der Waals surface area (Å²) in [6.07, 6.45) is 4.73. The number of epoxide rings is 1. The van der Waals surface area contributed by atoms with E-state index in [-0.39, 0.29) is 23.3 Å². The highest BCUT2D eigenvalue weighted by molar-refractivity contribution is 5.25. The fourth-order valence-electron chi connectivity index (χ4n) is 5.15. The molecule has 0 radical (unpaired) electrons. The van der Waals surface area contributed by atoms with Crippen LogP contribution in [0.15, 0.2) is 54.6 Å². The summed E-state index contributed by atoms with van der Waals surface area (Å²) in [5.41, 5.74) is 3.56. The zero-order chi connectivity index (χ0) is 22.8. The second-order valence-electron chi connectivity index (χ2n) is 10.7. The van der Waals surface area contributed by atoms with Gasteiger partial charge in [0.1, 0.15) is 6.10 Å². The smallest absolute Gasteiger partial charge is 0.102 e. The fourth-order valence-corrected chi connectivity index (χ4v) is 5.15. The molecule has 4 heteroatoms. The second kappa shape index (κ2) is 9.64. The number of ether oxygens (including phenoxy) is 2. The first-order valence-electron chi connectivity index (χ1n) is 12.1. The van der Waals surface area contributed by atoms with E-state index in [9.17, 15) is 0 Å². The van der Waals surface area contributed by atoms with Crippen LogP contribution in [0.4, 0.5) is 0 Å². The van der Waals surface area contributed by atoms with Crippen molar-refractivity contribution in [2.24, 2.45) is 0 Å². The Labute approximate surface area is 193 Å². The maximum Gasteiger partial charge on any atom is 0.102 e. The third-order valence-electron chi connectivity index (χ3n) is 6.72. The number of hydroxylamine groups is 2. The lowest BCUT2D eigenvalue weighted by Gasteiger charge is -2.54. The van der Waals surface area contributed by atoms with E-state index in [0.29, 0.717) is 12.7 Å². The third kappa shape index (κ3) is 5.99. The summed E-state index contributed by atoms with van der Waals surface area (Å²) in [7, 11) is 0. The van der Waals surface area contributed by atoms with Crippen LogP contribution in [0.2, 0.25) is 0 Å². The quantitative estimate of drug-likeness (QED) is 0.434. The largest absolute Gasteiger partial charge is 0.373 e. The third-order valence-corrected chi connectivity index (χ3v) is 6.72. The van der Waals surface area contributed by atoms with E-state index >= 15 is 0 Å². The van der Waals surface area contributed by atoms with Crippen LogP contribution in [-0.2, 0) is 27.3 Å². The van der Waals surface area contributed by atoms with Gasteiger partial charge in [0.2, 0.25) is 0 Å². The molecule has 0 spiro atoms. The Morgan fingerprint density at radius 1 is 0.969 bits per heavy atom. The molecule has 174 valence electrons. The average molecular weight is 438 g/mol. The molecule has 2 heterocycles. The van der Waals surface area contributed by atoms with E-state index < -0.39 is 0 Å². The summed E-state index contributed by atoms with van der Waals surface area (Å²) in [5, 5.41) is 2.23. The average Bonchev–Trinajstić information content (AvgIpc) is 3.58. The lowest BCUT2D eigenvalue weighted by Crippen LogP contribution is -2.62. The summed E-state index contributed by atoms with van der Waals surface area (Å²) in [6, 6.07) is 19.3. The topological polar surface area (TPSA) is 34.2 Å². The van der Waals surface area contributed by atoms with Gasteiger partial charge in [-0.1, -0.05) is 54.6 Å². The van der Waals surface area contributed by atoms with Gasteiger partial charge in [0.05, 0.1) is 25.4 Å². The highest BCUT2D eigenvalue weighted by Crippen LogP contribution is 2.42. The molecule has 2 aromatic carbocycles. The number of aryl methyl sites for hydroxylation is 1. The fraction of sp³-hybridized carbons (Fsp3) is 0.571. The van der Waals surface area contributed by atoms with Crippen molar-refractivity contribution in [3.05, 3.63) is 71.3 Å². The van der Waals surface area contributed by atoms with E-state index in [0.717, 1.165) is 32.3 Å². The molecule has 0 aliphatic carbocycles. The van der Waals surface area contributed by atoms with Crippen LogP contribution in [0.5, 0.6) is 0 Å². The Kier molecular flexibility index (Phi) is 7.06. The Bertz CT molecular complexity index is 857. The minimum Gasteiger partial charge on any atom is -0.373 e. The monoisotopic (exact) mass is 437 g/mol. The maximum absolute atomic E-state index is 6.67. The Hall–Kier alpha value is -1.72. The molecule has 2 aliphatic heterocycles. The molecule has 0 amide bonds. The number of nitrogens with zero attached hydrogens (tertiary/aromatic N) is 1. The SMILES string of the molecule is CC(ON1C(C)(C)CC(OCc2ccccc2)CC1(C)C)c1cccc(CCC2CO2)c1. The van der Waals surface area contributed by atoms with Crippen molar-refractivity contribution in [2.75, 3.05) is 6.61 Å². The molecule has 2 atom stereocenters. The lowest BCUT2D eigenvalue weighted by atomic mass is 9.80. The van der Waals surface area contributed by atoms with Gasteiger partial charge >= 0.3 is 0 Å². The highest BCUT2D eigenvalue weighted by atomic mass is 16.7. The van der Waals surface area contributed by atoms with Crippen LogP contribution in [0.1, 0.15) is 76.7 Å². The lowest BCUT2D eigenvalue weighted by molar-refractivity contribution is -0.316. The Morgan fingerprint density at radius 2 is 1.62 bits per heavy atom. The summed E-state index contributed by atoms with van der Waals surface area (Å²) in [4.78, 5) is 6.67. The van der Waals surface area contributed by atoms with Crippen molar-refractivity contribution in [3.8, 4) is 0 Å². The molecular weight excluding hydrogens is 398 g/mol. The van der Waals surface area contributed by atoms with Crippen LogP contribution in [0.3, 0.4) is 0 Å². The summed E-state index contributed by atoms with van der Waals surface area (Å²) in [5.74, 6) is 0. The number of hydrogen-bond acceptors (Lipinski definition) is 4. The van der Waals surface area contributed by atoms with Crippen molar-refractivity contribution in [1.29, 1.82) is 0 Å². The van der Waals surface area contributed by atoms with Gasteiger partial charge in [-0.05, 0) is 77.0 Å². The predicted molar refractivity (Wildman–Crippen MR) is 128 cm³/mol. The first kappa shape index (κ1) is 23.4. The van der Waals surface area contributed by atoms with Gasteiger partial charge < -0.3 is 9.47 Å². The van der Waals surface area contributed by atoms with Gasteiger partial charge in [-0.15, -0.1) is 0 Å². The van der Waals surface area contributed by atoms with Crippen LogP contribution < -0.4 is 0 Å². The van der Waals surface area contributed by atoms with Crippen molar-refractivity contribution in [2.45, 2.75) is 96.3 Å². The van der Waals surface area contributed by atoms with E-state index in [1.165, 1.54) is 16.7 Å². The van der Waals surface area contributed by atoms with Gasteiger partial charge in [-0.25, -0.2) is 0 Å². The van der Waals surface area contributed by atoms with E-state index in [2.05, 4.69) is 88.2 Å². The molecule has 2 unspecified atom stereocenters. The molecule has 0 bridgehead atoms. The van der Waals surface area contributed by atoms with Gasteiger partial charge in [-0.2, -0.15) is 5.06 Å². The van der Waals surface area contributed by atoms with E-state index in [1.807, 2.05) is 6.07 Å². The van der Waals surface area contributed by atoms with Crippen LogP contribution in [0.25, 0.3) is 0 Å². The Balaban J connectivity index is 1.39. The molecule has 2 aliphatic rings. The standard InChI is InChI=1S/C28H39NO3/c1-21(24-13-9-12-22(16-24)14-15-25-20-31-25)32-29-27(2,3)17-26(18-28(29,4)5)30-19-23-10-7-6-8-11-23/h6-13,16,21,25-26H,14-15,17-20H2,1-5H3. The van der Waals surface area contributed by atoms with Crippen LogP contribution >= 0.6 is 0 Å². The molecule has 4 nitrogen and oxygen atoms in total. The molecule has 2 aromatic rings. The zero-order valence-electron chi connectivity index (χ0n) is 20.3. The zero-order valence-corrected chi connectivity index (χ0v) is 20.3. The summed E-state index contributed by atoms with van der Waals surface area (Å²) < 4.78 is 11.7. The number of hydrogen-bond donors (Lipinski definition) is 0. The van der Waals surface area contributed by atoms with Gasteiger partial charge in [0.15, 0.2) is 0 Å². The number of benzene rings is 2. The molecule has 0 aromatic heterocycles. The van der Waals surface area contributed by atoms with Crippen LogP contribution in [-0.4, -0.2) is 35.0 Å². The predicted octanol–water partition coefficient (Wildman–Crippen LogP) is 6.25. The van der Waals surface area contributed by atoms with Crippen molar-refractivity contribution in [3.63, 3.8) is 0 Å². The normalized spacial score (nSPS) is 23.7. The van der Waals surface area contributed by atoms with Gasteiger partial charge in [0, 0.05) is 11.1 Å². The number of rotatable bonds is 9. The molecule has 0 saturated carbocycles. The molecular formula is C28H39NO3. The highest BCUT2D eigenvalue weighted by Gasteiger charge is 2.47.